The van der Waals surface area contributed by atoms with Crippen LogP contribution in [0.2, 0.25) is 0 Å². The zero-order valence-electron chi connectivity index (χ0n) is 25.5. The van der Waals surface area contributed by atoms with Crippen molar-refractivity contribution in [3.63, 3.8) is 0 Å². The molecule has 7 bridgehead atoms. The van der Waals surface area contributed by atoms with Gasteiger partial charge in [-0.25, -0.2) is 18.2 Å². The number of carbonyl (C=O) groups is 3. The molecule has 2 N–H and O–H groups in total. The van der Waals surface area contributed by atoms with Crippen LogP contribution in [-0.2, 0) is 37.3 Å². The van der Waals surface area contributed by atoms with Crippen LogP contribution in [0.15, 0.2) is 42.7 Å². The number of hydrogen-bond donors (Lipinski definition) is 2. The minimum atomic E-state index is -1.33. The molecular weight excluding hydrogens is 615 g/mol. The van der Waals surface area contributed by atoms with Gasteiger partial charge in [0.1, 0.15) is 17.7 Å². The maximum atomic E-state index is 15.0. The van der Waals surface area contributed by atoms with Crippen LogP contribution in [0.5, 0.6) is 0 Å². The number of aromatic nitrogens is 2. The average Bonchev–Trinajstić information content (AvgIpc) is 3.57. The number of piperidine rings is 1. The average molecular weight is 648 g/mol. The van der Waals surface area contributed by atoms with E-state index in [0.29, 0.717) is 42.6 Å². The van der Waals surface area contributed by atoms with Crippen molar-refractivity contribution in [2.45, 2.75) is 49.6 Å². The van der Waals surface area contributed by atoms with E-state index in [2.05, 4.69) is 20.6 Å². The summed E-state index contributed by atoms with van der Waals surface area (Å²) in [6.07, 6.45) is 7.22. The van der Waals surface area contributed by atoms with Crippen molar-refractivity contribution >= 4 is 29.6 Å². The summed E-state index contributed by atoms with van der Waals surface area (Å²) in [5.41, 5.74) is 1.68. The van der Waals surface area contributed by atoms with Crippen molar-refractivity contribution in [2.75, 3.05) is 38.3 Å². The van der Waals surface area contributed by atoms with Crippen LogP contribution in [0.4, 0.5) is 19.0 Å². The van der Waals surface area contributed by atoms with E-state index >= 15 is 8.78 Å². The fourth-order valence-electron chi connectivity index (χ4n) is 7.19. The highest BCUT2D eigenvalue weighted by atomic mass is 19.2. The van der Waals surface area contributed by atoms with Gasteiger partial charge in [-0.3, -0.25) is 19.4 Å². The van der Waals surface area contributed by atoms with Crippen molar-refractivity contribution < 1.29 is 37.0 Å². The second-order valence-corrected chi connectivity index (χ2v) is 12.4. The summed E-state index contributed by atoms with van der Waals surface area (Å²) in [6, 6.07) is 3.25. The Morgan fingerprint density at radius 2 is 1.79 bits per heavy atom. The number of carbonyl (C=O) groups excluding carboxylic acids is 3. The number of benzene rings is 1. The Morgan fingerprint density at radius 3 is 2.64 bits per heavy atom. The predicted molar refractivity (Wildman–Crippen MR) is 163 cm³/mol. The molecule has 3 amide bonds. The van der Waals surface area contributed by atoms with Crippen molar-refractivity contribution in [2.24, 2.45) is 0 Å². The van der Waals surface area contributed by atoms with Crippen LogP contribution in [0.1, 0.15) is 57.6 Å². The summed E-state index contributed by atoms with van der Waals surface area (Å²) in [6.45, 7) is 2.60. The molecule has 7 rings (SSSR count). The molecule has 0 saturated carbocycles. The number of nitrogens with one attached hydrogen (secondary N) is 2. The van der Waals surface area contributed by atoms with Gasteiger partial charge in [-0.05, 0) is 55.2 Å². The molecule has 4 atom stereocenters. The minimum Gasteiger partial charge on any atom is -0.377 e. The molecule has 1 saturated heterocycles. The van der Waals surface area contributed by atoms with Gasteiger partial charge in [-0.2, -0.15) is 0 Å². The molecule has 3 aliphatic heterocycles. The number of anilines is 1. The number of amides is 3. The molecule has 47 heavy (non-hydrogen) atoms. The fourth-order valence-corrected chi connectivity index (χ4v) is 7.19. The second-order valence-electron chi connectivity index (χ2n) is 12.4. The normalized spacial score (nSPS) is 26.8. The third-order valence-corrected chi connectivity index (χ3v) is 9.65. The number of nitrogens with zero attached hydrogens (tertiary/aromatic N) is 3. The SMILES string of the molecule is C[C@@H]1[C@H](c2c(F)ccc(F)c2F)C[C@@H]2NC(=O)c3cnc4c(c3)C[C@@]3(C4)C(=O)Nc4ncc(cc43)/C=C/COCCOCCN1C2=O. The molecular formula is C34H32F3N5O5. The number of halogens is 3. The first kappa shape index (κ1) is 31.0. The highest BCUT2D eigenvalue weighted by molar-refractivity contribution is 6.06. The quantitative estimate of drug-likeness (QED) is 0.388. The van der Waals surface area contributed by atoms with Gasteiger partial charge in [-0.15, -0.1) is 0 Å². The van der Waals surface area contributed by atoms with Crippen LogP contribution >= 0.6 is 0 Å². The molecule has 1 fully saturated rings. The fraction of sp³-hybridized carbons (Fsp3) is 0.382. The second kappa shape index (κ2) is 12.2. The summed E-state index contributed by atoms with van der Waals surface area (Å²) in [5, 5.41) is 5.62. The lowest BCUT2D eigenvalue weighted by Gasteiger charge is -2.43. The molecule has 3 aromatic rings. The number of ether oxygens (including phenoxy) is 2. The van der Waals surface area contributed by atoms with E-state index in [1.54, 1.807) is 19.2 Å². The van der Waals surface area contributed by atoms with Crippen LogP contribution in [-0.4, -0.2) is 77.6 Å². The van der Waals surface area contributed by atoms with Crippen LogP contribution in [0.25, 0.3) is 6.08 Å². The summed E-state index contributed by atoms with van der Waals surface area (Å²) in [4.78, 5) is 51.1. The first-order chi connectivity index (χ1) is 22.7. The molecule has 0 radical (unpaired) electrons. The van der Waals surface area contributed by atoms with Gasteiger partial charge in [0.05, 0.1) is 37.4 Å². The van der Waals surface area contributed by atoms with E-state index < -0.39 is 58.2 Å². The largest absolute Gasteiger partial charge is 0.377 e. The first-order valence-corrected chi connectivity index (χ1v) is 15.5. The Labute approximate surface area is 268 Å². The standard InChI is InChI=1S/C34H32F3N5O5/c1-18-22(28-24(35)4-5-25(36)29(28)37)13-26-32(44)42(18)6-8-47-10-9-46-7-2-3-19-11-23-30(39-16-19)41-33(45)34(23)14-20-12-21(31(43)40-26)17-38-27(20)15-34/h2-5,11-12,16-18,22,26H,6-10,13-15H2,1H3,(H,40,43)(H,39,41,45)/b3-2+/t18-,22-,26+,34+/m1/s1. The number of hydrogen-bond acceptors (Lipinski definition) is 7. The molecule has 244 valence electrons. The molecule has 1 aliphatic carbocycles. The third kappa shape index (κ3) is 5.46. The Hall–Kier alpha value is -4.62. The van der Waals surface area contributed by atoms with Gasteiger partial charge in [-0.1, -0.05) is 12.2 Å². The topological polar surface area (TPSA) is 123 Å². The van der Waals surface area contributed by atoms with E-state index in [-0.39, 0.29) is 44.3 Å². The third-order valence-electron chi connectivity index (χ3n) is 9.65. The minimum absolute atomic E-state index is 0.0667. The van der Waals surface area contributed by atoms with Gasteiger partial charge >= 0.3 is 0 Å². The molecule has 1 aromatic carbocycles. The zero-order valence-corrected chi connectivity index (χ0v) is 25.5. The van der Waals surface area contributed by atoms with Crippen LogP contribution < -0.4 is 10.6 Å². The number of pyridine rings is 2. The summed E-state index contributed by atoms with van der Waals surface area (Å²) < 4.78 is 55.7. The summed E-state index contributed by atoms with van der Waals surface area (Å²) in [5.74, 6) is -5.23. The van der Waals surface area contributed by atoms with E-state index in [1.807, 2.05) is 18.2 Å². The van der Waals surface area contributed by atoms with Gasteiger partial charge in [0, 0.05) is 54.1 Å². The van der Waals surface area contributed by atoms with Gasteiger partial charge in [0.2, 0.25) is 11.8 Å². The molecule has 1 spiro atoms. The zero-order chi connectivity index (χ0) is 32.9. The maximum absolute atomic E-state index is 15.0. The molecule has 0 unspecified atom stereocenters. The van der Waals surface area contributed by atoms with E-state index in [1.165, 1.54) is 11.1 Å². The smallest absolute Gasteiger partial charge is 0.253 e. The molecule has 5 heterocycles. The lowest BCUT2D eigenvalue weighted by atomic mass is 9.79. The Balaban J connectivity index is 1.22. The molecule has 10 nitrogen and oxygen atoms in total. The lowest BCUT2D eigenvalue weighted by Crippen LogP contribution is -2.58. The Kier molecular flexibility index (Phi) is 8.04. The van der Waals surface area contributed by atoms with Crippen molar-refractivity contribution in [3.8, 4) is 0 Å². The van der Waals surface area contributed by atoms with E-state index in [0.717, 1.165) is 17.2 Å². The molecule has 2 aromatic heterocycles. The van der Waals surface area contributed by atoms with Crippen molar-refractivity contribution in [3.05, 3.63) is 93.7 Å². The highest BCUT2D eigenvalue weighted by Gasteiger charge is 2.52. The predicted octanol–water partition coefficient (Wildman–Crippen LogP) is 3.45. The maximum Gasteiger partial charge on any atom is 0.253 e. The van der Waals surface area contributed by atoms with Crippen molar-refractivity contribution in [1.29, 1.82) is 0 Å². The van der Waals surface area contributed by atoms with Gasteiger partial charge in [0.15, 0.2) is 11.6 Å². The van der Waals surface area contributed by atoms with Crippen LogP contribution in [0.3, 0.4) is 0 Å². The Bertz CT molecular complexity index is 1820. The van der Waals surface area contributed by atoms with E-state index in [4.69, 9.17) is 9.47 Å². The molecule has 13 heteroatoms. The van der Waals surface area contributed by atoms with Crippen LogP contribution in [0, 0.1) is 17.5 Å². The lowest BCUT2D eigenvalue weighted by molar-refractivity contribution is -0.140. The monoisotopic (exact) mass is 647 g/mol. The number of fused-ring (bicyclic) bond motifs is 4. The summed E-state index contributed by atoms with van der Waals surface area (Å²) in [7, 11) is 0. The molecule has 4 aliphatic rings. The van der Waals surface area contributed by atoms with Gasteiger partial charge < -0.3 is 25.0 Å². The number of rotatable bonds is 1. The van der Waals surface area contributed by atoms with E-state index in [9.17, 15) is 18.8 Å². The highest BCUT2D eigenvalue weighted by Crippen LogP contribution is 2.46. The van der Waals surface area contributed by atoms with Gasteiger partial charge in [0.25, 0.3) is 5.91 Å². The first-order valence-electron chi connectivity index (χ1n) is 15.5. The van der Waals surface area contributed by atoms with Crippen molar-refractivity contribution in [1.82, 2.24) is 20.2 Å². The summed E-state index contributed by atoms with van der Waals surface area (Å²) >= 11 is 0. The Morgan fingerprint density at radius 1 is 0.979 bits per heavy atom.